The van der Waals surface area contributed by atoms with E-state index in [9.17, 15) is 4.79 Å². The molecule has 35 heavy (non-hydrogen) atoms. The van der Waals surface area contributed by atoms with E-state index in [4.69, 9.17) is 45.1 Å². The molecule has 3 heterocycles. The van der Waals surface area contributed by atoms with Gasteiger partial charge in [0.25, 0.3) is 5.91 Å². The van der Waals surface area contributed by atoms with Crippen LogP contribution < -0.4 is 16.0 Å². The molecule has 0 saturated carbocycles. The standard InChI is InChI=1S/C15H18N5O5P.C3H8O2.C2H6.CH4O/c16-10-1-3-12-9(5-10)6-22-26(25-12)23-7-11-2-4-13(24-11)20-8-18-15(19-20)14(17)21;1-3(2,4)5;2*1-2/h1,3,5,8,11,13H,2,4,6-7,16H2,(H2,17,21);4-5H,1-2H3;1-2H3;2H,1H3. The van der Waals surface area contributed by atoms with E-state index in [0.717, 1.165) is 31.3 Å². The van der Waals surface area contributed by atoms with Crippen LogP contribution in [0.4, 0.5) is 5.69 Å². The molecule has 0 spiro atoms. The number of anilines is 1. The number of nitrogens with zero attached hydrogens (tertiary/aromatic N) is 3. The van der Waals surface area contributed by atoms with Crippen molar-refractivity contribution < 1.29 is 38.4 Å². The zero-order valence-electron chi connectivity index (χ0n) is 20.6. The number of aliphatic hydroxyl groups excluding tert-OH is 1. The Morgan fingerprint density at radius 3 is 2.54 bits per heavy atom. The van der Waals surface area contributed by atoms with Gasteiger partial charge in [0.05, 0.1) is 19.3 Å². The van der Waals surface area contributed by atoms with Crippen LogP contribution in [0.25, 0.3) is 0 Å². The maximum atomic E-state index is 11.1. The van der Waals surface area contributed by atoms with Crippen molar-refractivity contribution in [2.24, 2.45) is 5.73 Å². The molecule has 4 rings (SSSR count). The number of nitrogen functional groups attached to an aromatic ring is 1. The molecule has 1 amide bonds. The van der Waals surface area contributed by atoms with Gasteiger partial charge in [0, 0.05) is 18.4 Å². The van der Waals surface area contributed by atoms with Crippen molar-refractivity contribution in [3.05, 3.63) is 35.9 Å². The Kier molecular flexibility index (Phi) is 13.0. The van der Waals surface area contributed by atoms with Gasteiger partial charge in [-0.15, -0.1) is 5.10 Å². The van der Waals surface area contributed by atoms with E-state index < -0.39 is 20.3 Å². The fraction of sp³-hybridized carbons (Fsp3) is 0.571. The summed E-state index contributed by atoms with van der Waals surface area (Å²) in [6, 6.07) is 5.42. The first-order valence-electron chi connectivity index (χ1n) is 11.0. The van der Waals surface area contributed by atoms with Gasteiger partial charge in [0.15, 0.2) is 12.0 Å². The number of nitrogens with two attached hydrogens (primary N) is 2. The van der Waals surface area contributed by atoms with Gasteiger partial charge in [-0.25, -0.2) is 9.67 Å². The Morgan fingerprint density at radius 1 is 1.29 bits per heavy atom. The van der Waals surface area contributed by atoms with Gasteiger partial charge in [-0.2, -0.15) is 0 Å². The van der Waals surface area contributed by atoms with Crippen LogP contribution in [-0.4, -0.2) is 61.6 Å². The first-order chi connectivity index (χ1) is 16.6. The molecule has 7 N–H and O–H groups in total. The number of aliphatic hydroxyl groups is 3. The third-order valence-electron chi connectivity index (χ3n) is 4.06. The van der Waals surface area contributed by atoms with E-state index in [1.165, 1.54) is 24.9 Å². The summed E-state index contributed by atoms with van der Waals surface area (Å²) in [6.45, 7) is 7.33. The topological polar surface area (TPSA) is 197 Å². The number of hydrogen-bond donors (Lipinski definition) is 5. The minimum absolute atomic E-state index is 0.0277. The lowest BCUT2D eigenvalue weighted by molar-refractivity contribution is -0.127. The number of primary amides is 1. The number of fused-ring (bicyclic) bond motifs is 1. The molecule has 1 aromatic carbocycles. The highest BCUT2D eigenvalue weighted by Crippen LogP contribution is 2.48. The normalized spacial score (nSPS) is 20.5. The van der Waals surface area contributed by atoms with E-state index in [0.29, 0.717) is 18.9 Å². The van der Waals surface area contributed by atoms with Crippen LogP contribution in [-0.2, 0) is 20.4 Å². The smallest absolute Gasteiger partial charge is 0.397 e. The van der Waals surface area contributed by atoms with Crippen LogP contribution in [0.5, 0.6) is 5.75 Å². The summed E-state index contributed by atoms with van der Waals surface area (Å²) in [5.41, 5.74) is 12.5. The summed E-state index contributed by atoms with van der Waals surface area (Å²) in [5, 5.41) is 27.2. The maximum absolute atomic E-state index is 11.1. The number of rotatable bonds is 5. The van der Waals surface area contributed by atoms with E-state index in [1.807, 2.05) is 26.0 Å². The molecular formula is C21H36N5O8P. The van der Waals surface area contributed by atoms with E-state index >= 15 is 0 Å². The van der Waals surface area contributed by atoms with E-state index in [-0.39, 0.29) is 18.2 Å². The summed E-state index contributed by atoms with van der Waals surface area (Å²) in [5.74, 6) is -1.47. The largest absolute Gasteiger partial charge is 0.426 e. The van der Waals surface area contributed by atoms with Gasteiger partial charge in [0.1, 0.15) is 12.1 Å². The summed E-state index contributed by atoms with van der Waals surface area (Å²) >= 11 is 0. The Balaban J connectivity index is 0.000000598. The number of amides is 1. The second kappa shape index (κ2) is 14.9. The minimum atomic E-state index is -1.50. The molecule has 13 nitrogen and oxygen atoms in total. The molecule has 0 radical (unpaired) electrons. The number of hydrogen-bond acceptors (Lipinski definition) is 11. The molecule has 0 aliphatic carbocycles. The quantitative estimate of drug-likeness (QED) is 0.220. The van der Waals surface area contributed by atoms with Crippen molar-refractivity contribution in [1.29, 1.82) is 0 Å². The lowest BCUT2D eigenvalue weighted by atomic mass is 10.2. The third-order valence-corrected chi connectivity index (χ3v) is 5.10. The first-order valence-corrected chi connectivity index (χ1v) is 12.1. The lowest BCUT2D eigenvalue weighted by Gasteiger charge is -2.25. The van der Waals surface area contributed by atoms with Crippen molar-refractivity contribution in [2.75, 3.05) is 19.5 Å². The molecule has 2 aromatic rings. The van der Waals surface area contributed by atoms with Crippen molar-refractivity contribution in [2.45, 2.75) is 65.3 Å². The van der Waals surface area contributed by atoms with Crippen LogP contribution in [0, 0.1) is 0 Å². The average Bonchev–Trinajstić information content (AvgIpc) is 3.49. The predicted octanol–water partition coefficient (Wildman–Crippen LogP) is 1.83. The Bertz CT molecular complexity index is 902. The molecule has 14 heteroatoms. The second-order valence-corrected chi connectivity index (χ2v) is 8.59. The van der Waals surface area contributed by atoms with Crippen LogP contribution in [0.1, 0.15) is 62.9 Å². The monoisotopic (exact) mass is 517 g/mol. The fourth-order valence-corrected chi connectivity index (χ4v) is 3.82. The van der Waals surface area contributed by atoms with Gasteiger partial charge in [-0.1, -0.05) is 13.8 Å². The molecular weight excluding hydrogens is 481 g/mol. The predicted molar refractivity (Wildman–Crippen MR) is 129 cm³/mol. The zero-order chi connectivity index (χ0) is 26.6. The molecule has 2 aliphatic rings. The third kappa shape index (κ3) is 10.8. The molecule has 198 valence electrons. The summed E-state index contributed by atoms with van der Waals surface area (Å²) in [6.07, 6.45) is 2.54. The summed E-state index contributed by atoms with van der Waals surface area (Å²) in [7, 11) is -0.474. The minimum Gasteiger partial charge on any atom is -0.426 e. The fourth-order valence-electron chi connectivity index (χ4n) is 2.77. The van der Waals surface area contributed by atoms with Gasteiger partial charge < -0.3 is 36.0 Å². The molecule has 3 atom stereocenters. The average molecular weight is 518 g/mol. The molecule has 1 saturated heterocycles. The van der Waals surface area contributed by atoms with Crippen LogP contribution in [0.3, 0.4) is 0 Å². The van der Waals surface area contributed by atoms with Gasteiger partial charge in [-0.05, 0) is 44.9 Å². The van der Waals surface area contributed by atoms with Crippen LogP contribution in [0.2, 0.25) is 0 Å². The van der Waals surface area contributed by atoms with Gasteiger partial charge in [-0.3, -0.25) is 13.8 Å². The van der Waals surface area contributed by atoms with Crippen molar-refractivity contribution in [3.63, 3.8) is 0 Å². The SMILES string of the molecule is CC.CC(C)(O)O.CO.NC(=O)c1ncn(C2CCC(COP3OCc4cc(N)ccc4O3)O2)n1. The number of carbonyl (C=O) groups is 1. The van der Waals surface area contributed by atoms with E-state index in [2.05, 4.69) is 10.1 Å². The highest BCUT2D eigenvalue weighted by molar-refractivity contribution is 7.42. The molecule has 3 unspecified atom stereocenters. The highest BCUT2D eigenvalue weighted by atomic mass is 31.2. The maximum Gasteiger partial charge on any atom is 0.397 e. The summed E-state index contributed by atoms with van der Waals surface area (Å²) in [4.78, 5) is 14.9. The Labute approximate surface area is 206 Å². The number of benzene rings is 1. The van der Waals surface area contributed by atoms with Crippen molar-refractivity contribution in [3.8, 4) is 5.75 Å². The molecule has 0 bridgehead atoms. The molecule has 2 aliphatic heterocycles. The second-order valence-electron chi connectivity index (χ2n) is 7.45. The van der Waals surface area contributed by atoms with Gasteiger partial charge >= 0.3 is 8.60 Å². The van der Waals surface area contributed by atoms with Crippen LogP contribution in [0.15, 0.2) is 24.5 Å². The Hall–Kier alpha value is -2.38. The lowest BCUT2D eigenvalue weighted by Crippen LogP contribution is -2.18. The molecule has 1 aromatic heterocycles. The van der Waals surface area contributed by atoms with E-state index in [1.54, 1.807) is 6.07 Å². The zero-order valence-corrected chi connectivity index (χ0v) is 21.5. The van der Waals surface area contributed by atoms with Crippen LogP contribution >= 0.6 is 8.60 Å². The highest BCUT2D eigenvalue weighted by Gasteiger charge is 2.31. The molecule has 1 fully saturated rings. The first kappa shape index (κ1) is 30.7. The Morgan fingerprint density at radius 2 is 1.94 bits per heavy atom. The van der Waals surface area contributed by atoms with Gasteiger partial charge in [0.2, 0.25) is 5.82 Å². The number of aromatic nitrogens is 3. The number of ether oxygens (including phenoxy) is 1. The van der Waals surface area contributed by atoms with Crippen molar-refractivity contribution in [1.82, 2.24) is 14.8 Å². The van der Waals surface area contributed by atoms with Crippen molar-refractivity contribution >= 4 is 20.2 Å². The number of carbonyl (C=O) groups excluding carboxylic acids is 1. The summed E-state index contributed by atoms with van der Waals surface area (Å²) < 4.78 is 24.4.